The third-order valence-corrected chi connectivity index (χ3v) is 7.70. The van der Waals surface area contributed by atoms with E-state index in [4.69, 9.17) is 15.2 Å². The first-order chi connectivity index (χ1) is 20.2. The summed E-state index contributed by atoms with van der Waals surface area (Å²) in [6.45, 7) is 6.43. The fourth-order valence-electron chi connectivity index (χ4n) is 4.98. The van der Waals surface area contributed by atoms with Gasteiger partial charge in [0.25, 0.3) is 0 Å². The molecule has 0 fully saturated rings. The Balaban J connectivity index is 1.47. The van der Waals surface area contributed by atoms with Crippen molar-refractivity contribution in [1.29, 1.82) is 0 Å². The zero-order valence-corrected chi connectivity index (χ0v) is 24.5. The van der Waals surface area contributed by atoms with E-state index in [1.165, 1.54) is 24.3 Å². The Bertz CT molecular complexity index is 1710. The number of ether oxygens (including phenoxy) is 2. The van der Waals surface area contributed by atoms with Crippen molar-refractivity contribution in [2.45, 2.75) is 57.2 Å². The number of aromatic nitrogens is 2. The molecule has 2 atom stereocenters. The van der Waals surface area contributed by atoms with Crippen LogP contribution in [-0.4, -0.2) is 50.7 Å². The summed E-state index contributed by atoms with van der Waals surface area (Å²) in [4.78, 5) is 35.0. The molecule has 0 radical (unpaired) electrons. The Morgan fingerprint density at radius 2 is 1.84 bits per heavy atom. The molecule has 9 nitrogen and oxygen atoms in total. The number of carbonyl (C=O) groups excluding carboxylic acids is 2. The molecule has 4 N–H and O–H groups in total. The number of benzene rings is 2. The predicted molar refractivity (Wildman–Crippen MR) is 158 cm³/mol. The minimum atomic E-state index is -1.60. The minimum Gasteiger partial charge on any atom is -0.489 e. The number of hydrogen-bond donors (Lipinski definition) is 3. The number of nitrogens with two attached hydrogens (primary N) is 1. The maximum Gasteiger partial charge on any atom is 0.231 e. The number of hydrogen-bond acceptors (Lipinski definition) is 8. The van der Waals surface area contributed by atoms with Gasteiger partial charge in [0.2, 0.25) is 5.91 Å². The van der Waals surface area contributed by atoms with E-state index in [1.54, 1.807) is 58.2 Å². The Morgan fingerprint density at radius 1 is 1.12 bits per heavy atom. The van der Waals surface area contributed by atoms with E-state index in [2.05, 4.69) is 9.97 Å². The van der Waals surface area contributed by atoms with Crippen LogP contribution in [0.5, 0.6) is 11.5 Å². The van der Waals surface area contributed by atoms with Crippen LogP contribution in [-0.2, 0) is 15.8 Å². The lowest BCUT2D eigenvalue weighted by atomic mass is 9.81. The average Bonchev–Trinajstić information content (AvgIpc) is 3.32. The van der Waals surface area contributed by atoms with Gasteiger partial charge in [0.05, 0.1) is 11.3 Å². The molecule has 0 saturated heterocycles. The minimum absolute atomic E-state index is 0.000437. The molecule has 224 valence electrons. The number of halogens is 1. The molecule has 2 aromatic carbocycles. The first kappa shape index (κ1) is 30.1. The summed E-state index contributed by atoms with van der Waals surface area (Å²) >= 11 is 0. The number of fused-ring (bicyclic) bond motifs is 2. The molecule has 0 spiro atoms. The van der Waals surface area contributed by atoms with Crippen molar-refractivity contribution in [3.05, 3.63) is 83.4 Å². The zero-order chi connectivity index (χ0) is 31.2. The lowest BCUT2D eigenvalue weighted by Crippen LogP contribution is -2.40. The number of nitrogens with zero attached hydrogens (tertiary/aromatic N) is 2. The molecule has 4 aromatic rings. The largest absolute Gasteiger partial charge is 0.489 e. The highest BCUT2D eigenvalue weighted by Gasteiger charge is 2.45. The van der Waals surface area contributed by atoms with Crippen LogP contribution >= 0.6 is 0 Å². The maximum absolute atomic E-state index is 13.7. The second-order valence-electron chi connectivity index (χ2n) is 12.1. The molecule has 2 aromatic heterocycles. The Labute approximate surface area is 248 Å². The van der Waals surface area contributed by atoms with Crippen molar-refractivity contribution >= 4 is 22.6 Å². The van der Waals surface area contributed by atoms with Gasteiger partial charge in [0, 0.05) is 34.7 Å². The molecule has 3 heterocycles. The fourth-order valence-corrected chi connectivity index (χ4v) is 4.98. The number of pyridine rings is 2. The summed E-state index contributed by atoms with van der Waals surface area (Å²) in [5.41, 5.74) is 4.36. The van der Waals surface area contributed by atoms with Crippen LogP contribution in [0, 0.1) is 5.82 Å². The fraction of sp³-hybridized carbons (Fsp3) is 0.333. The molecule has 0 saturated carbocycles. The van der Waals surface area contributed by atoms with Crippen LogP contribution in [0.3, 0.4) is 0 Å². The number of amides is 1. The zero-order valence-electron chi connectivity index (χ0n) is 24.5. The van der Waals surface area contributed by atoms with Gasteiger partial charge in [-0.3, -0.25) is 14.6 Å². The van der Waals surface area contributed by atoms with Gasteiger partial charge in [-0.05, 0) is 82.6 Å². The molecule has 10 heteroatoms. The summed E-state index contributed by atoms with van der Waals surface area (Å²) in [7, 11) is 0. The van der Waals surface area contributed by atoms with Crippen LogP contribution in [0.1, 0.15) is 62.2 Å². The van der Waals surface area contributed by atoms with Crippen molar-refractivity contribution in [1.82, 2.24) is 9.97 Å². The molecule has 1 aliphatic rings. The van der Waals surface area contributed by atoms with Gasteiger partial charge in [-0.1, -0.05) is 6.07 Å². The summed E-state index contributed by atoms with van der Waals surface area (Å²) in [6, 6.07) is 14.1. The highest BCUT2D eigenvalue weighted by atomic mass is 19.1. The van der Waals surface area contributed by atoms with Crippen molar-refractivity contribution < 1.29 is 33.7 Å². The van der Waals surface area contributed by atoms with Gasteiger partial charge in [-0.15, -0.1) is 0 Å². The van der Waals surface area contributed by atoms with Crippen LogP contribution in [0.2, 0.25) is 0 Å². The summed E-state index contributed by atoms with van der Waals surface area (Å²) in [6.07, 6.45) is 1.58. The quantitative estimate of drug-likeness (QED) is 0.229. The van der Waals surface area contributed by atoms with Crippen LogP contribution in [0.25, 0.3) is 22.2 Å². The molecule has 0 unspecified atom stereocenters. The number of carbonyl (C=O) groups is 2. The van der Waals surface area contributed by atoms with Crippen LogP contribution in [0.15, 0.2) is 60.8 Å². The average molecular weight is 588 g/mol. The van der Waals surface area contributed by atoms with E-state index in [9.17, 15) is 24.2 Å². The van der Waals surface area contributed by atoms with Crippen molar-refractivity contribution in [2.24, 2.45) is 5.73 Å². The topological polar surface area (TPSA) is 145 Å². The molecule has 5 rings (SSSR count). The third kappa shape index (κ3) is 6.07. The van der Waals surface area contributed by atoms with E-state index >= 15 is 0 Å². The van der Waals surface area contributed by atoms with Gasteiger partial charge in [0.15, 0.2) is 5.78 Å². The third-order valence-electron chi connectivity index (χ3n) is 7.70. The lowest BCUT2D eigenvalue weighted by Gasteiger charge is -2.26. The summed E-state index contributed by atoms with van der Waals surface area (Å²) in [5, 5.41) is 22.5. The van der Waals surface area contributed by atoms with Gasteiger partial charge < -0.3 is 25.4 Å². The monoisotopic (exact) mass is 587 g/mol. The molecular weight excluding hydrogens is 553 g/mol. The van der Waals surface area contributed by atoms with Crippen molar-refractivity contribution in [3.63, 3.8) is 0 Å². The van der Waals surface area contributed by atoms with Crippen LogP contribution in [0.4, 0.5) is 4.39 Å². The smallest absolute Gasteiger partial charge is 0.231 e. The van der Waals surface area contributed by atoms with Crippen molar-refractivity contribution in [3.8, 4) is 22.8 Å². The molecule has 0 aliphatic carbocycles. The second kappa shape index (κ2) is 11.0. The second-order valence-corrected chi connectivity index (χ2v) is 12.1. The first-order valence-corrected chi connectivity index (χ1v) is 13.9. The highest BCUT2D eigenvalue weighted by Crippen LogP contribution is 2.46. The van der Waals surface area contributed by atoms with E-state index in [1.807, 2.05) is 6.07 Å². The van der Waals surface area contributed by atoms with Gasteiger partial charge in [-0.25, -0.2) is 9.37 Å². The van der Waals surface area contributed by atoms with Gasteiger partial charge in [-0.2, -0.15) is 0 Å². The van der Waals surface area contributed by atoms with Gasteiger partial charge in [0.1, 0.15) is 52.8 Å². The van der Waals surface area contributed by atoms with Crippen molar-refractivity contribution in [2.75, 3.05) is 13.2 Å². The number of ketones is 1. The maximum atomic E-state index is 13.7. The molecular formula is C33H34FN3O6. The summed E-state index contributed by atoms with van der Waals surface area (Å²) in [5.74, 6) is -0.568. The molecule has 1 amide bonds. The Hall–Kier alpha value is -4.41. The van der Waals surface area contributed by atoms with E-state index in [-0.39, 0.29) is 37.5 Å². The number of primary amides is 1. The first-order valence-electron chi connectivity index (χ1n) is 13.9. The van der Waals surface area contributed by atoms with Gasteiger partial charge >= 0.3 is 0 Å². The molecule has 0 bridgehead atoms. The standard InChI is InChI=1S/C33H34FN3O6/c1-31(2,40)17-42-25-15-21(14-20-6-5-13-36-27(20)25)24(38)11-12-33(4,41)26-16-23-29(43-18-32(23,3)30(35)39)28(37-26)19-7-9-22(34)10-8-19/h5-10,13-16,40-41H,11-12,17-18H2,1-4H3,(H2,35,39)/t32-,33-/m0/s1. The number of rotatable bonds is 10. The Morgan fingerprint density at radius 3 is 2.51 bits per heavy atom. The lowest BCUT2D eigenvalue weighted by molar-refractivity contribution is -0.123. The number of Topliss-reactive ketones (excluding diaryl/α,β-unsaturated/α-hetero) is 1. The summed E-state index contributed by atoms with van der Waals surface area (Å²) < 4.78 is 25.4. The predicted octanol–water partition coefficient (Wildman–Crippen LogP) is 4.59. The molecule has 1 aliphatic heterocycles. The number of aliphatic hydroxyl groups is 2. The molecule has 43 heavy (non-hydrogen) atoms. The van der Waals surface area contributed by atoms with E-state index < -0.39 is 28.3 Å². The Kier molecular flexibility index (Phi) is 7.70. The van der Waals surface area contributed by atoms with Crippen LogP contribution < -0.4 is 15.2 Å². The SMILES string of the molecule is CC(C)(O)COc1cc(C(=O)CC[C@](C)(O)c2cc3c(c(-c4ccc(F)cc4)n2)OC[C@]3(C)C(N)=O)cc2cccnc12. The van der Waals surface area contributed by atoms with E-state index in [0.29, 0.717) is 44.8 Å². The highest BCUT2D eigenvalue weighted by molar-refractivity contribution is 6.01. The normalized spacial score (nSPS) is 17.7. The van der Waals surface area contributed by atoms with E-state index in [0.717, 1.165) is 0 Å².